The van der Waals surface area contributed by atoms with Crippen molar-refractivity contribution in [3.8, 4) is 5.75 Å². The third-order valence-corrected chi connectivity index (χ3v) is 2.85. The summed E-state index contributed by atoms with van der Waals surface area (Å²) < 4.78 is 25.7. The lowest BCUT2D eigenvalue weighted by molar-refractivity contribution is 0.511. The number of benzene rings is 2. The number of allylic oxidation sites excluding steroid dienone is 1. The molecule has 0 fully saturated rings. The Balaban J connectivity index is 2.56. The van der Waals surface area contributed by atoms with Gasteiger partial charge in [0.05, 0.1) is 0 Å². The van der Waals surface area contributed by atoms with Gasteiger partial charge in [-0.3, -0.25) is 0 Å². The average molecular weight is 248 g/mol. The lowest BCUT2D eigenvalue weighted by Crippen LogP contribution is -1.91. The van der Waals surface area contributed by atoms with Crippen LogP contribution in [0.3, 0.4) is 0 Å². The molecular weight excluding hydrogens is 236 g/mol. The fourth-order valence-electron chi connectivity index (χ4n) is 1.79. The van der Waals surface area contributed by atoms with Crippen molar-refractivity contribution in [2.75, 3.05) is 0 Å². The Labute approximate surface area is 101 Å². The first kappa shape index (κ1) is 11.7. The topological polar surface area (TPSA) is 43.4 Å². The van der Waals surface area contributed by atoms with Crippen molar-refractivity contribution in [3.05, 3.63) is 54.6 Å². The largest absolute Gasteiger partial charge is 0.384 e. The van der Waals surface area contributed by atoms with E-state index in [0.29, 0.717) is 5.75 Å². The molecule has 0 amide bonds. The van der Waals surface area contributed by atoms with E-state index in [4.69, 9.17) is 0 Å². The lowest BCUT2D eigenvalue weighted by atomic mass is 10.0. The van der Waals surface area contributed by atoms with E-state index in [1.165, 1.54) is 0 Å². The molecule has 0 bridgehead atoms. The highest BCUT2D eigenvalue weighted by Crippen LogP contribution is 2.24. The van der Waals surface area contributed by atoms with Gasteiger partial charge in [0, 0.05) is 0 Å². The first-order valence-corrected chi connectivity index (χ1v) is 6.25. The summed E-state index contributed by atoms with van der Waals surface area (Å²) in [5.74, 6) is 0.338. The highest BCUT2D eigenvalue weighted by molar-refractivity contribution is 7.67. The normalized spacial score (nSPS) is 10.6. The summed E-state index contributed by atoms with van der Waals surface area (Å²) >= 11 is 0. The van der Waals surface area contributed by atoms with Crippen molar-refractivity contribution >= 4 is 21.8 Å². The molecule has 0 atom stereocenters. The number of fused-ring (bicyclic) bond motifs is 1. The second kappa shape index (κ2) is 5.01. The van der Waals surface area contributed by atoms with Crippen LogP contribution in [0.2, 0.25) is 0 Å². The number of hydrogen-bond acceptors (Lipinski definition) is 3. The average Bonchev–Trinajstić information content (AvgIpc) is 2.29. The van der Waals surface area contributed by atoms with E-state index in [-0.39, 0.29) is 0 Å². The lowest BCUT2D eigenvalue weighted by Gasteiger charge is -2.06. The molecule has 17 heavy (non-hydrogen) atoms. The quantitative estimate of drug-likeness (QED) is 0.667. The SMILES string of the molecule is C=CCc1cccc2ccc(O[SH](=O)=O)cc12. The van der Waals surface area contributed by atoms with E-state index < -0.39 is 11.0 Å². The maximum Gasteiger partial charge on any atom is 0.299 e. The summed E-state index contributed by atoms with van der Waals surface area (Å²) in [5, 5.41) is 2.04. The predicted molar refractivity (Wildman–Crippen MR) is 68.8 cm³/mol. The Morgan fingerprint density at radius 1 is 1.24 bits per heavy atom. The second-order valence-corrected chi connectivity index (χ2v) is 4.24. The summed E-state index contributed by atoms with van der Waals surface area (Å²) in [6, 6.07) is 11.2. The summed E-state index contributed by atoms with van der Waals surface area (Å²) in [6.45, 7) is 3.71. The molecule has 0 aromatic heterocycles. The van der Waals surface area contributed by atoms with Crippen molar-refractivity contribution < 1.29 is 12.6 Å². The molecule has 0 radical (unpaired) electrons. The van der Waals surface area contributed by atoms with Crippen molar-refractivity contribution in [1.82, 2.24) is 0 Å². The van der Waals surface area contributed by atoms with Crippen molar-refractivity contribution in [2.45, 2.75) is 6.42 Å². The van der Waals surface area contributed by atoms with Crippen LogP contribution in [0.15, 0.2) is 49.1 Å². The fraction of sp³-hybridized carbons (Fsp3) is 0.0769. The molecule has 0 unspecified atom stereocenters. The van der Waals surface area contributed by atoms with Crippen LogP contribution in [0.1, 0.15) is 5.56 Å². The van der Waals surface area contributed by atoms with Crippen molar-refractivity contribution in [3.63, 3.8) is 0 Å². The van der Waals surface area contributed by atoms with E-state index >= 15 is 0 Å². The molecular formula is C13H12O3S. The maximum absolute atomic E-state index is 10.5. The molecule has 0 aliphatic heterocycles. The maximum atomic E-state index is 10.5. The number of hydrogen-bond donors (Lipinski definition) is 1. The zero-order valence-electron chi connectivity index (χ0n) is 9.13. The van der Waals surface area contributed by atoms with Crippen molar-refractivity contribution in [1.29, 1.82) is 0 Å². The molecule has 0 saturated carbocycles. The molecule has 0 N–H and O–H groups in total. The predicted octanol–water partition coefficient (Wildman–Crippen LogP) is 2.47. The number of thiol groups is 1. The summed E-state index contributed by atoms with van der Waals surface area (Å²) in [6.07, 6.45) is 2.56. The zero-order valence-corrected chi connectivity index (χ0v) is 10.0. The van der Waals surface area contributed by atoms with E-state index in [2.05, 4.69) is 10.8 Å². The minimum Gasteiger partial charge on any atom is -0.384 e. The van der Waals surface area contributed by atoms with Gasteiger partial charge < -0.3 is 4.18 Å². The molecule has 0 heterocycles. The molecule has 2 aromatic rings. The van der Waals surface area contributed by atoms with Crippen LogP contribution in [0.25, 0.3) is 10.8 Å². The second-order valence-electron chi connectivity index (χ2n) is 3.61. The van der Waals surface area contributed by atoms with Crippen LogP contribution < -0.4 is 4.18 Å². The van der Waals surface area contributed by atoms with Gasteiger partial charge >= 0.3 is 0 Å². The van der Waals surface area contributed by atoms with Gasteiger partial charge in [-0.15, -0.1) is 6.58 Å². The minimum atomic E-state index is -2.87. The van der Waals surface area contributed by atoms with E-state index in [1.54, 1.807) is 12.1 Å². The van der Waals surface area contributed by atoms with Gasteiger partial charge in [-0.05, 0) is 34.9 Å². The number of rotatable bonds is 4. The first-order valence-electron chi connectivity index (χ1n) is 5.15. The Hall–Kier alpha value is -1.81. The van der Waals surface area contributed by atoms with Gasteiger partial charge in [-0.2, -0.15) is 8.42 Å². The van der Waals surface area contributed by atoms with Crippen LogP contribution in [-0.2, 0) is 17.4 Å². The van der Waals surface area contributed by atoms with Gasteiger partial charge in [0.15, 0.2) is 0 Å². The summed E-state index contributed by atoms with van der Waals surface area (Å²) in [5.41, 5.74) is 1.10. The summed E-state index contributed by atoms with van der Waals surface area (Å²) in [4.78, 5) is 0. The van der Waals surface area contributed by atoms with Gasteiger partial charge in [-0.25, -0.2) is 0 Å². The van der Waals surface area contributed by atoms with Crippen LogP contribution in [0, 0.1) is 0 Å². The molecule has 2 aromatic carbocycles. The molecule has 0 spiro atoms. The van der Waals surface area contributed by atoms with Crippen molar-refractivity contribution in [2.24, 2.45) is 0 Å². The van der Waals surface area contributed by atoms with Gasteiger partial charge in [0.2, 0.25) is 0 Å². The third kappa shape index (κ3) is 2.65. The first-order chi connectivity index (χ1) is 8.20. The van der Waals surface area contributed by atoms with Crippen LogP contribution in [0.5, 0.6) is 5.75 Å². The molecule has 88 valence electrons. The molecule has 0 saturated heterocycles. The van der Waals surface area contributed by atoms with E-state index in [0.717, 1.165) is 22.8 Å². The monoisotopic (exact) mass is 248 g/mol. The van der Waals surface area contributed by atoms with Gasteiger partial charge in [0.25, 0.3) is 11.0 Å². The highest BCUT2D eigenvalue weighted by Gasteiger charge is 2.02. The smallest absolute Gasteiger partial charge is 0.299 e. The Bertz CT molecular complexity index is 622. The Kier molecular flexibility index (Phi) is 3.44. The zero-order chi connectivity index (χ0) is 12.3. The van der Waals surface area contributed by atoms with Gasteiger partial charge in [0.1, 0.15) is 5.75 Å². The van der Waals surface area contributed by atoms with Crippen LogP contribution >= 0.6 is 0 Å². The molecule has 0 aliphatic rings. The fourth-order valence-corrected chi connectivity index (χ4v) is 2.08. The highest BCUT2D eigenvalue weighted by atomic mass is 32.2. The standard InChI is InChI=1S/C13H12O3S/c1-2-4-10-5-3-6-11-7-8-12(9-13(10)11)16-17(14)15/h2-3,5-9,17H,1,4H2. The van der Waals surface area contributed by atoms with Crippen LogP contribution in [0.4, 0.5) is 0 Å². The Morgan fingerprint density at radius 3 is 2.76 bits per heavy atom. The van der Waals surface area contributed by atoms with Gasteiger partial charge in [-0.1, -0.05) is 30.3 Å². The molecule has 0 aliphatic carbocycles. The Morgan fingerprint density at radius 2 is 2.06 bits per heavy atom. The third-order valence-electron chi connectivity index (χ3n) is 2.49. The minimum absolute atomic E-state index is 0.338. The summed E-state index contributed by atoms with van der Waals surface area (Å²) in [7, 11) is -2.87. The molecule has 4 heteroatoms. The molecule has 3 nitrogen and oxygen atoms in total. The molecule has 2 rings (SSSR count). The van der Waals surface area contributed by atoms with Crippen LogP contribution in [-0.4, -0.2) is 8.42 Å². The van der Waals surface area contributed by atoms with E-state index in [1.807, 2.05) is 30.3 Å². The van der Waals surface area contributed by atoms with E-state index in [9.17, 15) is 8.42 Å².